The number of aromatic nitrogens is 1. The van der Waals surface area contributed by atoms with E-state index in [1.165, 1.54) is 35.7 Å². The summed E-state index contributed by atoms with van der Waals surface area (Å²) in [6.07, 6.45) is 6.34. The molecule has 6 heteroatoms. The molecule has 1 aliphatic heterocycles. The monoisotopic (exact) mass is 371 g/mol. The molecule has 2 aromatic rings. The Morgan fingerprint density at radius 2 is 1.96 bits per heavy atom. The van der Waals surface area contributed by atoms with Crippen molar-refractivity contribution >= 4 is 35.7 Å². The molecule has 1 aromatic carbocycles. The maximum Gasteiger partial charge on any atom is 0.119 e. The van der Waals surface area contributed by atoms with Crippen molar-refractivity contribution in [2.45, 2.75) is 25.3 Å². The molecule has 0 spiro atoms. The summed E-state index contributed by atoms with van der Waals surface area (Å²) in [5, 5.41) is 4.79. The molecule has 1 aromatic heterocycles. The molecule has 134 valence electrons. The second-order valence-corrected chi connectivity index (χ2v) is 6.64. The van der Waals surface area contributed by atoms with Crippen molar-refractivity contribution in [3.05, 3.63) is 30.0 Å². The molecular formula is C18H27Cl2N3O. The molecule has 2 fully saturated rings. The van der Waals surface area contributed by atoms with Crippen molar-refractivity contribution < 1.29 is 4.74 Å². The van der Waals surface area contributed by atoms with E-state index in [-0.39, 0.29) is 24.8 Å². The van der Waals surface area contributed by atoms with Crippen LogP contribution in [0.5, 0.6) is 5.75 Å². The zero-order valence-corrected chi connectivity index (χ0v) is 15.7. The first kappa shape index (κ1) is 19.4. The van der Waals surface area contributed by atoms with Crippen molar-refractivity contribution in [3.8, 4) is 5.75 Å². The van der Waals surface area contributed by atoms with E-state index in [0.29, 0.717) is 6.04 Å². The number of hydrogen-bond donors (Lipinski definition) is 2. The largest absolute Gasteiger partial charge is 0.497 e. The SMILES string of the molecule is COc1ccc2[nH]cc([C@@H](CC3CC3)N3CCNCC3)c2c1.Cl.Cl. The minimum absolute atomic E-state index is 0. The van der Waals surface area contributed by atoms with Gasteiger partial charge in [-0.3, -0.25) is 4.90 Å². The summed E-state index contributed by atoms with van der Waals surface area (Å²) in [6, 6.07) is 6.88. The number of ether oxygens (including phenoxy) is 1. The molecular weight excluding hydrogens is 345 g/mol. The first-order valence-corrected chi connectivity index (χ1v) is 8.45. The molecule has 2 heterocycles. The molecule has 0 radical (unpaired) electrons. The number of methoxy groups -OCH3 is 1. The Hall–Kier alpha value is -0.940. The van der Waals surface area contributed by atoms with E-state index in [1.54, 1.807) is 7.11 Å². The molecule has 2 aliphatic rings. The highest BCUT2D eigenvalue weighted by Gasteiger charge is 2.31. The van der Waals surface area contributed by atoms with Gasteiger partial charge in [0.1, 0.15) is 5.75 Å². The van der Waals surface area contributed by atoms with Crippen molar-refractivity contribution in [2.24, 2.45) is 5.92 Å². The van der Waals surface area contributed by atoms with E-state index >= 15 is 0 Å². The Morgan fingerprint density at radius 1 is 1.21 bits per heavy atom. The molecule has 0 bridgehead atoms. The van der Waals surface area contributed by atoms with Crippen molar-refractivity contribution in [1.29, 1.82) is 0 Å². The molecule has 0 unspecified atom stereocenters. The Balaban J connectivity index is 0.00000104. The lowest BCUT2D eigenvalue weighted by Crippen LogP contribution is -2.45. The van der Waals surface area contributed by atoms with E-state index in [1.807, 2.05) is 6.07 Å². The average Bonchev–Trinajstić information content (AvgIpc) is 3.31. The molecule has 1 aliphatic carbocycles. The predicted molar refractivity (Wildman–Crippen MR) is 104 cm³/mol. The second kappa shape index (κ2) is 8.43. The Kier molecular flexibility index (Phi) is 6.81. The van der Waals surface area contributed by atoms with Gasteiger partial charge in [-0.15, -0.1) is 24.8 Å². The van der Waals surface area contributed by atoms with E-state index in [9.17, 15) is 0 Å². The van der Waals surface area contributed by atoms with E-state index in [2.05, 4.69) is 33.5 Å². The average molecular weight is 372 g/mol. The van der Waals surface area contributed by atoms with Gasteiger partial charge in [-0.2, -0.15) is 0 Å². The smallest absolute Gasteiger partial charge is 0.119 e. The van der Waals surface area contributed by atoms with Gasteiger partial charge in [-0.05, 0) is 36.1 Å². The van der Waals surface area contributed by atoms with Crippen LogP contribution in [0.1, 0.15) is 30.9 Å². The van der Waals surface area contributed by atoms with Gasteiger partial charge in [0, 0.05) is 49.3 Å². The van der Waals surface area contributed by atoms with Gasteiger partial charge in [-0.25, -0.2) is 0 Å². The van der Waals surface area contributed by atoms with Crippen LogP contribution in [0.2, 0.25) is 0 Å². The maximum absolute atomic E-state index is 5.43. The first-order valence-electron chi connectivity index (χ1n) is 8.45. The third-order valence-corrected chi connectivity index (χ3v) is 5.13. The summed E-state index contributed by atoms with van der Waals surface area (Å²) < 4.78 is 5.43. The summed E-state index contributed by atoms with van der Waals surface area (Å²) in [6.45, 7) is 4.50. The van der Waals surface area contributed by atoms with Gasteiger partial charge in [0.25, 0.3) is 0 Å². The third kappa shape index (κ3) is 3.99. The molecule has 1 saturated carbocycles. The number of nitrogens with zero attached hydrogens (tertiary/aromatic N) is 1. The zero-order valence-electron chi connectivity index (χ0n) is 14.1. The van der Waals surface area contributed by atoms with Crippen LogP contribution in [0, 0.1) is 5.92 Å². The minimum atomic E-state index is 0. The van der Waals surface area contributed by atoms with Crippen molar-refractivity contribution in [3.63, 3.8) is 0 Å². The number of H-pyrrole nitrogens is 1. The molecule has 2 N–H and O–H groups in total. The number of fused-ring (bicyclic) bond motifs is 1. The maximum atomic E-state index is 5.43. The summed E-state index contributed by atoms with van der Waals surface area (Å²) in [5.41, 5.74) is 2.66. The summed E-state index contributed by atoms with van der Waals surface area (Å²) >= 11 is 0. The minimum Gasteiger partial charge on any atom is -0.497 e. The molecule has 4 nitrogen and oxygen atoms in total. The van der Waals surface area contributed by atoms with Crippen LogP contribution in [0.25, 0.3) is 10.9 Å². The lowest BCUT2D eigenvalue weighted by Gasteiger charge is -2.35. The highest BCUT2D eigenvalue weighted by Crippen LogP contribution is 2.42. The van der Waals surface area contributed by atoms with Crippen LogP contribution in [0.15, 0.2) is 24.4 Å². The predicted octanol–water partition coefficient (Wildman–Crippen LogP) is 3.77. The number of nitrogens with one attached hydrogen (secondary N) is 2. The van der Waals surface area contributed by atoms with Crippen LogP contribution in [0.3, 0.4) is 0 Å². The number of aromatic amines is 1. The van der Waals surface area contributed by atoms with E-state index in [0.717, 1.165) is 37.8 Å². The van der Waals surface area contributed by atoms with Crippen LogP contribution in [0.4, 0.5) is 0 Å². The van der Waals surface area contributed by atoms with Crippen LogP contribution >= 0.6 is 24.8 Å². The molecule has 24 heavy (non-hydrogen) atoms. The van der Waals surface area contributed by atoms with E-state index in [4.69, 9.17) is 4.74 Å². The van der Waals surface area contributed by atoms with Gasteiger partial charge < -0.3 is 15.0 Å². The topological polar surface area (TPSA) is 40.3 Å². The molecule has 1 atom stereocenters. The first-order chi connectivity index (χ1) is 10.8. The standard InChI is InChI=1S/C18H25N3O.2ClH/c1-22-14-4-5-17-15(11-14)16(12-20-17)18(10-13-2-3-13)21-8-6-19-7-9-21;;/h4-5,11-13,18-20H,2-3,6-10H2,1H3;2*1H/t18-;;/m1../s1. The summed E-state index contributed by atoms with van der Waals surface area (Å²) in [7, 11) is 1.74. The van der Waals surface area contributed by atoms with Gasteiger partial charge in [-0.1, -0.05) is 12.8 Å². The number of rotatable bonds is 5. The lowest BCUT2D eigenvalue weighted by molar-refractivity contribution is 0.161. The van der Waals surface area contributed by atoms with Crippen LogP contribution in [-0.4, -0.2) is 43.2 Å². The summed E-state index contributed by atoms with van der Waals surface area (Å²) in [5.74, 6) is 1.87. The number of halogens is 2. The highest BCUT2D eigenvalue weighted by atomic mass is 35.5. The van der Waals surface area contributed by atoms with Gasteiger partial charge in [0.2, 0.25) is 0 Å². The molecule has 0 amide bonds. The lowest BCUT2D eigenvalue weighted by atomic mass is 9.98. The fourth-order valence-electron chi connectivity index (χ4n) is 3.66. The van der Waals surface area contributed by atoms with Crippen LogP contribution < -0.4 is 10.1 Å². The molecule has 1 saturated heterocycles. The van der Waals surface area contributed by atoms with Crippen molar-refractivity contribution in [1.82, 2.24) is 15.2 Å². The van der Waals surface area contributed by atoms with Crippen LogP contribution in [-0.2, 0) is 0 Å². The fraction of sp³-hybridized carbons (Fsp3) is 0.556. The quantitative estimate of drug-likeness (QED) is 0.840. The number of piperazine rings is 1. The van der Waals surface area contributed by atoms with Gasteiger partial charge in [0.15, 0.2) is 0 Å². The van der Waals surface area contributed by atoms with Gasteiger partial charge >= 0.3 is 0 Å². The fourth-order valence-corrected chi connectivity index (χ4v) is 3.66. The zero-order chi connectivity index (χ0) is 14.9. The third-order valence-electron chi connectivity index (χ3n) is 5.13. The number of hydrogen-bond acceptors (Lipinski definition) is 3. The number of benzene rings is 1. The Morgan fingerprint density at radius 3 is 2.62 bits per heavy atom. The normalized spacial score (nSPS) is 19.4. The highest BCUT2D eigenvalue weighted by molar-refractivity contribution is 5.86. The Labute approximate surface area is 156 Å². The Bertz CT molecular complexity index is 651. The summed E-state index contributed by atoms with van der Waals surface area (Å²) in [4.78, 5) is 6.12. The second-order valence-electron chi connectivity index (χ2n) is 6.64. The van der Waals surface area contributed by atoms with E-state index < -0.39 is 0 Å². The van der Waals surface area contributed by atoms with Crippen molar-refractivity contribution in [2.75, 3.05) is 33.3 Å². The van der Waals surface area contributed by atoms with Gasteiger partial charge in [0.05, 0.1) is 7.11 Å². The molecule has 4 rings (SSSR count).